The van der Waals surface area contributed by atoms with E-state index in [1.807, 2.05) is 13.0 Å². The van der Waals surface area contributed by atoms with Gasteiger partial charge in [-0.2, -0.15) is 0 Å². The molecule has 9 nitrogen and oxygen atoms in total. The fraction of sp³-hybridized carbons (Fsp3) is 0.435. The summed E-state index contributed by atoms with van der Waals surface area (Å²) in [4.78, 5) is 44.5. The maximum atomic E-state index is 12.8. The van der Waals surface area contributed by atoms with Crippen molar-refractivity contribution in [1.29, 1.82) is 0 Å². The van der Waals surface area contributed by atoms with E-state index in [1.165, 1.54) is 6.20 Å². The molecule has 1 atom stereocenters. The lowest BCUT2D eigenvalue weighted by Gasteiger charge is -2.21. The molecular formula is C23H32N6O3. The minimum atomic E-state index is -0.340. The van der Waals surface area contributed by atoms with Crippen molar-refractivity contribution in [2.75, 3.05) is 19.3 Å². The highest BCUT2D eigenvalue weighted by Crippen LogP contribution is 2.20. The lowest BCUT2D eigenvalue weighted by atomic mass is 10.0. The highest BCUT2D eigenvalue weighted by atomic mass is 16.2. The molecule has 2 heterocycles. The van der Waals surface area contributed by atoms with Crippen LogP contribution >= 0.6 is 0 Å². The molecule has 9 heteroatoms. The van der Waals surface area contributed by atoms with Crippen molar-refractivity contribution in [2.45, 2.75) is 52.0 Å². The summed E-state index contributed by atoms with van der Waals surface area (Å²) >= 11 is 0. The van der Waals surface area contributed by atoms with Gasteiger partial charge in [0.15, 0.2) is 6.29 Å². The number of pyridine rings is 1. The lowest BCUT2D eigenvalue weighted by Crippen LogP contribution is -2.43. The number of rotatable bonds is 11. The topological polar surface area (TPSA) is 130 Å². The summed E-state index contributed by atoms with van der Waals surface area (Å²) in [6.07, 6.45) is 10.3. The van der Waals surface area contributed by atoms with Gasteiger partial charge in [0.05, 0.1) is 11.9 Å². The molecule has 0 aromatic carbocycles. The van der Waals surface area contributed by atoms with Gasteiger partial charge in [-0.25, -0.2) is 9.98 Å². The summed E-state index contributed by atoms with van der Waals surface area (Å²) in [5.74, 6) is 1.10. The predicted octanol–water partition coefficient (Wildman–Crippen LogP) is 1.94. The molecule has 1 aliphatic rings. The lowest BCUT2D eigenvalue weighted by molar-refractivity contribution is -0.124. The van der Waals surface area contributed by atoms with Gasteiger partial charge in [0, 0.05) is 26.2 Å². The Balaban J connectivity index is 2.05. The minimum Gasteiger partial charge on any atom is -0.384 e. The van der Waals surface area contributed by atoms with Crippen LogP contribution in [-0.2, 0) is 14.4 Å². The molecule has 0 aliphatic carbocycles. The second-order valence-corrected chi connectivity index (χ2v) is 7.76. The van der Waals surface area contributed by atoms with Gasteiger partial charge in [0.25, 0.3) is 0 Å². The number of likely N-dealkylation sites (N-methyl/N-ethyl adjacent to an activating group) is 1. The van der Waals surface area contributed by atoms with E-state index in [0.717, 1.165) is 36.0 Å². The van der Waals surface area contributed by atoms with Crippen molar-refractivity contribution in [3.05, 3.63) is 40.9 Å². The van der Waals surface area contributed by atoms with E-state index in [0.29, 0.717) is 43.7 Å². The number of nitrogen functional groups attached to an aromatic ring is 1. The first-order valence-electron chi connectivity index (χ1n) is 10.7. The highest BCUT2D eigenvalue weighted by Gasteiger charge is 2.31. The first kappa shape index (κ1) is 24.8. The number of allylic oxidation sites excluding steroid dienone is 1. The molecular weight excluding hydrogens is 408 g/mol. The number of nitrogens with two attached hydrogens (primary N) is 1. The molecule has 1 saturated heterocycles. The fourth-order valence-corrected chi connectivity index (χ4v) is 3.49. The van der Waals surface area contributed by atoms with E-state index in [1.54, 1.807) is 18.1 Å². The molecule has 1 aliphatic heterocycles. The van der Waals surface area contributed by atoms with E-state index in [-0.39, 0.29) is 17.6 Å². The number of hydrogen-bond donors (Lipinski definition) is 3. The van der Waals surface area contributed by atoms with E-state index >= 15 is 0 Å². The number of amidine groups is 1. The molecule has 1 aromatic heterocycles. The molecule has 0 spiro atoms. The molecule has 2 rings (SSSR count). The summed E-state index contributed by atoms with van der Waals surface area (Å²) in [5, 5.41) is 5.32. The minimum absolute atomic E-state index is 0.0620. The molecule has 172 valence electrons. The van der Waals surface area contributed by atoms with Crippen molar-refractivity contribution >= 4 is 36.3 Å². The molecule has 4 N–H and O–H groups in total. The van der Waals surface area contributed by atoms with Gasteiger partial charge in [-0.1, -0.05) is 25.0 Å². The molecule has 0 radical (unpaired) electrons. The third-order valence-electron chi connectivity index (χ3n) is 5.40. The largest absolute Gasteiger partial charge is 0.384 e. The summed E-state index contributed by atoms with van der Waals surface area (Å²) in [6, 6.07) is 1.50. The molecule has 2 amide bonds. The summed E-state index contributed by atoms with van der Waals surface area (Å²) in [7, 11) is 1.80. The Kier molecular flexibility index (Phi) is 9.59. The summed E-state index contributed by atoms with van der Waals surface area (Å²) in [5.41, 5.74) is 8.98. The first-order valence-corrected chi connectivity index (χ1v) is 10.7. The van der Waals surface area contributed by atoms with Crippen LogP contribution in [0, 0.1) is 6.92 Å². The molecule has 0 bridgehead atoms. The van der Waals surface area contributed by atoms with Crippen molar-refractivity contribution < 1.29 is 14.4 Å². The Labute approximate surface area is 188 Å². The average molecular weight is 441 g/mol. The molecule has 0 saturated carbocycles. The Bertz CT molecular complexity index is 922. The maximum Gasteiger partial charge on any atom is 0.243 e. The van der Waals surface area contributed by atoms with Crippen molar-refractivity contribution in [3.63, 3.8) is 0 Å². The van der Waals surface area contributed by atoms with Crippen LogP contribution in [0.2, 0.25) is 0 Å². The van der Waals surface area contributed by atoms with Crippen molar-refractivity contribution in [2.24, 2.45) is 4.99 Å². The zero-order valence-corrected chi connectivity index (χ0v) is 18.9. The third kappa shape index (κ3) is 7.04. The van der Waals surface area contributed by atoms with Crippen LogP contribution in [0.3, 0.4) is 0 Å². The maximum absolute atomic E-state index is 12.8. The monoisotopic (exact) mass is 440 g/mol. The number of aromatic nitrogens is 1. The van der Waals surface area contributed by atoms with Crippen molar-refractivity contribution in [3.8, 4) is 0 Å². The van der Waals surface area contributed by atoms with Crippen LogP contribution in [0.25, 0.3) is 6.08 Å². The summed E-state index contributed by atoms with van der Waals surface area (Å²) < 4.78 is 0. The molecule has 1 unspecified atom stereocenters. The Morgan fingerprint density at radius 3 is 2.84 bits per heavy atom. The second kappa shape index (κ2) is 12.4. The number of hydrogen-bond acceptors (Lipinski definition) is 6. The van der Waals surface area contributed by atoms with E-state index in [9.17, 15) is 14.4 Å². The Morgan fingerprint density at radius 2 is 2.19 bits per heavy atom. The smallest absolute Gasteiger partial charge is 0.243 e. The molecule has 32 heavy (non-hydrogen) atoms. The van der Waals surface area contributed by atoms with E-state index in [4.69, 9.17) is 5.73 Å². The zero-order chi connectivity index (χ0) is 23.5. The van der Waals surface area contributed by atoms with Crippen LogP contribution in [-0.4, -0.2) is 54.0 Å². The predicted molar refractivity (Wildman–Crippen MR) is 125 cm³/mol. The normalized spacial score (nSPS) is 18.0. The number of carbonyl (C=O) groups excluding carboxylic acids is 3. The zero-order valence-electron chi connectivity index (χ0n) is 18.9. The fourth-order valence-electron chi connectivity index (χ4n) is 3.49. The molecule has 1 fully saturated rings. The van der Waals surface area contributed by atoms with Crippen LogP contribution in [0.5, 0.6) is 0 Å². The number of aryl methyl sites for hydroxylation is 1. The van der Waals surface area contributed by atoms with Crippen LogP contribution in [0.15, 0.2) is 34.7 Å². The quantitative estimate of drug-likeness (QED) is 0.356. The summed E-state index contributed by atoms with van der Waals surface area (Å²) in [6.45, 7) is 4.58. The van der Waals surface area contributed by atoms with Crippen LogP contribution in [0.4, 0.5) is 5.82 Å². The van der Waals surface area contributed by atoms with Crippen LogP contribution < -0.4 is 16.4 Å². The van der Waals surface area contributed by atoms with Crippen molar-refractivity contribution in [1.82, 2.24) is 20.5 Å². The number of nitrogens with zero attached hydrogens (tertiary/aromatic N) is 3. The van der Waals surface area contributed by atoms with Gasteiger partial charge in [0.1, 0.15) is 17.7 Å². The van der Waals surface area contributed by atoms with Crippen LogP contribution in [0.1, 0.15) is 50.2 Å². The highest BCUT2D eigenvalue weighted by molar-refractivity contribution is 5.94. The first-order chi connectivity index (χ1) is 15.4. The van der Waals surface area contributed by atoms with Gasteiger partial charge in [0.2, 0.25) is 12.3 Å². The second-order valence-electron chi connectivity index (χ2n) is 7.76. The van der Waals surface area contributed by atoms with Gasteiger partial charge in [-0.05, 0) is 43.4 Å². The standard InChI is InChI=1S/C23H32N6O3/c1-4-5-6-17(10-18-12-25-21(24)9-16(18)2)11-27-23(32)20-7-8-22(29(20)3)26-13-19(14-30)28-15-31/h9-10,12-15,20H,4-8,11H2,1-3H3,(H2,24,25)(H,27,32)(H,28,31)/b17-10+,19-13+,26-22?. The average Bonchev–Trinajstić information content (AvgIpc) is 3.14. The Morgan fingerprint density at radius 1 is 1.41 bits per heavy atom. The van der Waals surface area contributed by atoms with E-state index in [2.05, 4.69) is 33.6 Å². The number of amides is 2. The van der Waals surface area contributed by atoms with Gasteiger partial charge >= 0.3 is 0 Å². The SMILES string of the molecule is CCCC/C(=C\c1cnc(N)cc1C)CNC(=O)C1CCC(=N/C=C(\C=O)NC=O)N1C. The van der Waals surface area contributed by atoms with Gasteiger partial charge < -0.3 is 21.3 Å². The van der Waals surface area contributed by atoms with E-state index < -0.39 is 0 Å². The number of aldehydes is 1. The number of likely N-dealkylation sites (tertiary alicyclic amines) is 1. The third-order valence-corrected chi connectivity index (χ3v) is 5.40. The van der Waals surface area contributed by atoms with Gasteiger partial charge in [-0.3, -0.25) is 14.4 Å². The number of aliphatic imine (C=N–C) groups is 1. The molecule has 1 aromatic rings. The number of unbranched alkanes of at least 4 members (excludes halogenated alkanes) is 1. The number of anilines is 1. The number of carbonyl (C=O) groups is 3. The Hall–Kier alpha value is -3.49. The van der Waals surface area contributed by atoms with Gasteiger partial charge in [-0.15, -0.1) is 0 Å². The number of nitrogens with one attached hydrogen (secondary N) is 2.